The number of ether oxygens (including phenoxy) is 1. The number of morpholine rings is 1. The van der Waals surface area contributed by atoms with Crippen molar-refractivity contribution >= 4 is 15.9 Å². The lowest BCUT2D eigenvalue weighted by atomic mass is 9.92. The minimum absolute atomic E-state index is 0.0493. The molecule has 1 spiro atoms. The maximum Gasteiger partial charge on any atom is 0.246 e. The fourth-order valence-corrected chi connectivity index (χ4v) is 5.03. The van der Waals surface area contributed by atoms with Crippen molar-refractivity contribution in [3.8, 4) is 0 Å². The van der Waals surface area contributed by atoms with E-state index in [2.05, 4.69) is 0 Å². The van der Waals surface area contributed by atoms with Crippen LogP contribution in [0, 0.1) is 5.82 Å². The summed E-state index contributed by atoms with van der Waals surface area (Å²) >= 11 is 0. The number of nitrogens with zero attached hydrogens (tertiary/aromatic N) is 2. The first-order chi connectivity index (χ1) is 11.3. The van der Waals surface area contributed by atoms with Gasteiger partial charge < -0.3 is 9.64 Å². The second kappa shape index (κ2) is 6.42. The van der Waals surface area contributed by atoms with E-state index in [4.69, 9.17) is 4.74 Å². The third kappa shape index (κ3) is 3.18. The first-order valence-corrected chi connectivity index (χ1v) is 9.42. The Morgan fingerprint density at radius 1 is 1.25 bits per heavy atom. The third-order valence-electron chi connectivity index (χ3n) is 4.65. The number of carbonyl (C=O) groups is 1. The normalized spacial score (nSPS) is 25.8. The molecule has 3 rings (SSSR count). The smallest absolute Gasteiger partial charge is 0.246 e. The van der Waals surface area contributed by atoms with Crippen LogP contribution in [0.3, 0.4) is 0 Å². The Kier molecular flexibility index (Phi) is 4.63. The summed E-state index contributed by atoms with van der Waals surface area (Å²) in [6.07, 6.45) is 1.29. The van der Waals surface area contributed by atoms with Crippen molar-refractivity contribution in [1.82, 2.24) is 9.21 Å². The zero-order valence-electron chi connectivity index (χ0n) is 13.6. The van der Waals surface area contributed by atoms with Gasteiger partial charge in [-0.05, 0) is 25.0 Å². The lowest BCUT2D eigenvalue weighted by Gasteiger charge is -2.47. The molecule has 0 aromatic heterocycles. The number of hydrogen-bond donors (Lipinski definition) is 0. The Hall–Kier alpha value is -1.51. The van der Waals surface area contributed by atoms with Crippen LogP contribution in [0.5, 0.6) is 0 Å². The molecule has 1 aromatic rings. The monoisotopic (exact) mass is 356 g/mol. The summed E-state index contributed by atoms with van der Waals surface area (Å²) < 4.78 is 46.7. The van der Waals surface area contributed by atoms with Crippen LogP contribution in [0.2, 0.25) is 0 Å². The molecule has 24 heavy (non-hydrogen) atoms. The lowest BCUT2D eigenvalue weighted by Crippen LogP contribution is -2.61. The van der Waals surface area contributed by atoms with Crippen molar-refractivity contribution in [2.24, 2.45) is 0 Å². The van der Waals surface area contributed by atoms with Gasteiger partial charge in [0, 0.05) is 26.6 Å². The van der Waals surface area contributed by atoms with Crippen LogP contribution in [0.4, 0.5) is 4.39 Å². The SMILES string of the molecule is CC(=O)N1CCO[C@]2(CCCN(S(=O)(=O)c3ccccc3F)C2)C1. The zero-order chi connectivity index (χ0) is 17.4. The number of carbonyl (C=O) groups excluding carboxylic acids is 1. The second-order valence-corrected chi connectivity index (χ2v) is 8.25. The van der Waals surface area contributed by atoms with Gasteiger partial charge in [0.05, 0.1) is 18.8 Å². The molecule has 0 saturated carbocycles. The largest absolute Gasteiger partial charge is 0.370 e. The first kappa shape index (κ1) is 17.3. The highest BCUT2D eigenvalue weighted by Gasteiger charge is 2.44. The fourth-order valence-electron chi connectivity index (χ4n) is 3.42. The topological polar surface area (TPSA) is 66.9 Å². The van der Waals surface area contributed by atoms with Gasteiger partial charge in [-0.2, -0.15) is 4.31 Å². The first-order valence-electron chi connectivity index (χ1n) is 7.98. The average molecular weight is 356 g/mol. The molecule has 0 unspecified atom stereocenters. The van der Waals surface area contributed by atoms with Gasteiger partial charge in [-0.3, -0.25) is 4.79 Å². The van der Waals surface area contributed by atoms with Gasteiger partial charge in [0.25, 0.3) is 0 Å². The van der Waals surface area contributed by atoms with E-state index in [9.17, 15) is 17.6 Å². The maximum atomic E-state index is 14.0. The van der Waals surface area contributed by atoms with Crippen LogP contribution < -0.4 is 0 Å². The van der Waals surface area contributed by atoms with E-state index in [0.29, 0.717) is 39.1 Å². The van der Waals surface area contributed by atoms with Crippen molar-refractivity contribution < 1.29 is 22.3 Å². The summed E-state index contributed by atoms with van der Waals surface area (Å²) in [7, 11) is -3.93. The van der Waals surface area contributed by atoms with Crippen LogP contribution in [-0.2, 0) is 19.6 Å². The Morgan fingerprint density at radius 3 is 2.71 bits per heavy atom. The number of amides is 1. The molecule has 2 fully saturated rings. The highest BCUT2D eigenvalue weighted by Crippen LogP contribution is 2.32. The Morgan fingerprint density at radius 2 is 2.00 bits per heavy atom. The van der Waals surface area contributed by atoms with Gasteiger partial charge in [-0.1, -0.05) is 12.1 Å². The van der Waals surface area contributed by atoms with E-state index in [1.165, 1.54) is 29.4 Å². The van der Waals surface area contributed by atoms with Gasteiger partial charge in [-0.15, -0.1) is 0 Å². The molecule has 0 N–H and O–H groups in total. The summed E-state index contributed by atoms with van der Waals surface area (Å²) in [5, 5.41) is 0. The number of rotatable bonds is 2. The molecule has 6 nitrogen and oxygen atoms in total. The number of piperidine rings is 1. The van der Waals surface area contributed by atoms with Crippen molar-refractivity contribution in [2.75, 3.05) is 32.8 Å². The molecule has 0 radical (unpaired) electrons. The highest BCUT2D eigenvalue weighted by molar-refractivity contribution is 7.89. The van der Waals surface area contributed by atoms with Crippen LogP contribution in [0.15, 0.2) is 29.2 Å². The van der Waals surface area contributed by atoms with Gasteiger partial charge in [-0.25, -0.2) is 12.8 Å². The Labute approximate surface area is 141 Å². The van der Waals surface area contributed by atoms with Gasteiger partial charge in [0.1, 0.15) is 10.7 Å². The molecule has 1 aromatic carbocycles. The fraction of sp³-hybridized carbons (Fsp3) is 0.562. The average Bonchev–Trinajstić information content (AvgIpc) is 2.55. The summed E-state index contributed by atoms with van der Waals surface area (Å²) in [5.41, 5.74) is -0.708. The number of sulfonamides is 1. The molecule has 2 aliphatic heterocycles. The van der Waals surface area contributed by atoms with E-state index < -0.39 is 21.4 Å². The predicted octanol–water partition coefficient (Wildman–Crippen LogP) is 1.23. The molecule has 2 heterocycles. The van der Waals surface area contributed by atoms with E-state index in [1.807, 2.05) is 0 Å². The van der Waals surface area contributed by atoms with Crippen LogP contribution in [-0.4, -0.2) is 61.9 Å². The van der Waals surface area contributed by atoms with Crippen molar-refractivity contribution in [2.45, 2.75) is 30.3 Å². The molecule has 1 amide bonds. The maximum absolute atomic E-state index is 14.0. The van der Waals surface area contributed by atoms with Crippen LogP contribution >= 0.6 is 0 Å². The minimum Gasteiger partial charge on any atom is -0.370 e. The molecular formula is C16H21FN2O4S. The third-order valence-corrected chi connectivity index (χ3v) is 6.53. The van der Waals surface area contributed by atoms with E-state index in [0.717, 1.165) is 6.07 Å². The summed E-state index contributed by atoms with van der Waals surface area (Å²) in [6, 6.07) is 5.38. The van der Waals surface area contributed by atoms with E-state index >= 15 is 0 Å². The second-order valence-electron chi connectivity index (χ2n) is 6.34. The zero-order valence-corrected chi connectivity index (χ0v) is 14.4. The molecule has 2 saturated heterocycles. The highest BCUT2D eigenvalue weighted by atomic mass is 32.2. The number of hydrogen-bond acceptors (Lipinski definition) is 4. The minimum atomic E-state index is -3.93. The summed E-state index contributed by atoms with van der Waals surface area (Å²) in [5.74, 6) is -0.807. The number of benzene rings is 1. The molecule has 8 heteroatoms. The Bertz CT molecular complexity index is 735. The lowest BCUT2D eigenvalue weighted by molar-refractivity contribution is -0.155. The standard InChI is InChI=1S/C16H21FN2O4S/c1-13(20)18-9-10-23-16(11-18)7-4-8-19(12-16)24(21,22)15-6-3-2-5-14(15)17/h2-3,5-6H,4,7-12H2,1H3/t16-/m1/s1. The van der Waals surface area contributed by atoms with Crippen molar-refractivity contribution in [3.63, 3.8) is 0 Å². The molecule has 0 aliphatic carbocycles. The van der Waals surface area contributed by atoms with Crippen molar-refractivity contribution in [3.05, 3.63) is 30.1 Å². The molecular weight excluding hydrogens is 335 g/mol. The van der Waals surface area contributed by atoms with Gasteiger partial charge in [0.15, 0.2) is 0 Å². The van der Waals surface area contributed by atoms with Gasteiger partial charge in [0.2, 0.25) is 15.9 Å². The Balaban J connectivity index is 1.85. The molecule has 1 atom stereocenters. The quantitative estimate of drug-likeness (QED) is 0.799. The molecule has 0 bridgehead atoms. The van der Waals surface area contributed by atoms with E-state index in [1.54, 1.807) is 4.90 Å². The van der Waals surface area contributed by atoms with Crippen molar-refractivity contribution in [1.29, 1.82) is 0 Å². The molecule has 132 valence electrons. The summed E-state index contributed by atoms with van der Waals surface area (Å²) in [6.45, 7) is 3.21. The molecule has 2 aliphatic rings. The van der Waals surface area contributed by atoms with Gasteiger partial charge >= 0.3 is 0 Å². The number of halogens is 1. The van der Waals surface area contributed by atoms with Crippen LogP contribution in [0.25, 0.3) is 0 Å². The predicted molar refractivity (Wildman–Crippen MR) is 85.3 cm³/mol. The van der Waals surface area contributed by atoms with Crippen LogP contribution in [0.1, 0.15) is 19.8 Å². The van der Waals surface area contributed by atoms with E-state index in [-0.39, 0.29) is 17.3 Å². The summed E-state index contributed by atoms with van der Waals surface area (Å²) in [4.78, 5) is 13.0.